The van der Waals surface area contributed by atoms with Crippen molar-refractivity contribution in [3.8, 4) is 0 Å². The van der Waals surface area contributed by atoms with Gasteiger partial charge in [0.05, 0.1) is 11.9 Å². The first kappa shape index (κ1) is 16.0. The Kier molecular flexibility index (Phi) is 4.77. The summed E-state index contributed by atoms with van der Waals surface area (Å²) in [5.41, 5.74) is 3.33. The minimum atomic E-state index is -0.179. The maximum absolute atomic E-state index is 12.2. The fraction of sp³-hybridized carbons (Fsp3) is 0.0526. The van der Waals surface area contributed by atoms with Crippen LogP contribution in [0.25, 0.3) is 0 Å². The Morgan fingerprint density at radius 2 is 1.83 bits per heavy atom. The number of aryl methyl sites for hydroxylation is 1. The lowest BCUT2D eigenvalue weighted by molar-refractivity contribution is 0.102. The number of aromatic nitrogens is 1. The average molecular weight is 338 g/mol. The molecule has 120 valence electrons. The molecule has 4 nitrogen and oxygen atoms in total. The number of benzene rings is 2. The van der Waals surface area contributed by atoms with Gasteiger partial charge in [-0.1, -0.05) is 35.4 Å². The summed E-state index contributed by atoms with van der Waals surface area (Å²) >= 11 is 5.96. The van der Waals surface area contributed by atoms with E-state index in [1.54, 1.807) is 18.3 Å². The van der Waals surface area contributed by atoms with E-state index < -0.39 is 0 Å². The Morgan fingerprint density at radius 3 is 2.54 bits per heavy atom. The number of nitrogens with one attached hydrogen (secondary N) is 2. The maximum atomic E-state index is 12.2. The molecule has 0 saturated carbocycles. The topological polar surface area (TPSA) is 54.0 Å². The van der Waals surface area contributed by atoms with Crippen LogP contribution in [0.2, 0.25) is 5.02 Å². The van der Waals surface area contributed by atoms with Crippen molar-refractivity contribution in [2.24, 2.45) is 0 Å². The van der Waals surface area contributed by atoms with Gasteiger partial charge in [0.15, 0.2) is 0 Å². The number of anilines is 3. The van der Waals surface area contributed by atoms with Crippen molar-refractivity contribution in [3.63, 3.8) is 0 Å². The van der Waals surface area contributed by atoms with E-state index in [1.807, 2.05) is 55.5 Å². The van der Waals surface area contributed by atoms with Crippen molar-refractivity contribution in [3.05, 3.63) is 83.0 Å². The highest BCUT2D eigenvalue weighted by molar-refractivity contribution is 6.30. The molecule has 1 amide bonds. The second kappa shape index (κ2) is 7.15. The molecule has 0 saturated heterocycles. The third kappa shape index (κ3) is 4.12. The summed E-state index contributed by atoms with van der Waals surface area (Å²) < 4.78 is 0. The van der Waals surface area contributed by atoms with Gasteiger partial charge in [-0.05, 0) is 49.4 Å². The molecule has 2 N–H and O–H groups in total. The molecule has 0 aliphatic rings. The Morgan fingerprint density at radius 1 is 1.00 bits per heavy atom. The number of amides is 1. The monoisotopic (exact) mass is 337 g/mol. The van der Waals surface area contributed by atoms with Gasteiger partial charge in [-0.3, -0.25) is 4.79 Å². The lowest BCUT2D eigenvalue weighted by Crippen LogP contribution is -2.13. The summed E-state index contributed by atoms with van der Waals surface area (Å²) in [6.45, 7) is 1.95. The van der Waals surface area contributed by atoms with Gasteiger partial charge >= 0.3 is 0 Å². The van der Waals surface area contributed by atoms with Crippen LogP contribution in [-0.2, 0) is 0 Å². The summed E-state index contributed by atoms with van der Waals surface area (Å²) in [7, 11) is 0. The smallest absolute Gasteiger partial charge is 0.256 e. The lowest BCUT2D eigenvalue weighted by atomic mass is 10.1. The molecule has 1 heterocycles. The predicted molar refractivity (Wildman–Crippen MR) is 98.1 cm³/mol. The summed E-state index contributed by atoms with van der Waals surface area (Å²) in [6, 6.07) is 18.4. The largest absolute Gasteiger partial charge is 0.354 e. The van der Waals surface area contributed by atoms with Crippen LogP contribution in [0, 0.1) is 6.92 Å². The van der Waals surface area contributed by atoms with Gasteiger partial charge in [-0.2, -0.15) is 0 Å². The maximum Gasteiger partial charge on any atom is 0.256 e. The number of carbonyl (C=O) groups excluding carboxylic acids is 1. The highest BCUT2D eigenvalue weighted by atomic mass is 35.5. The van der Waals surface area contributed by atoms with Gasteiger partial charge in [-0.15, -0.1) is 0 Å². The van der Waals surface area contributed by atoms with Gasteiger partial charge < -0.3 is 10.6 Å². The number of rotatable bonds is 4. The van der Waals surface area contributed by atoms with E-state index in [4.69, 9.17) is 11.6 Å². The van der Waals surface area contributed by atoms with Crippen molar-refractivity contribution in [1.82, 2.24) is 4.98 Å². The minimum absolute atomic E-state index is 0.179. The molecule has 0 spiro atoms. The molecule has 3 rings (SSSR count). The second-order valence-corrected chi connectivity index (χ2v) is 5.83. The molecule has 0 aliphatic heterocycles. The van der Waals surface area contributed by atoms with E-state index >= 15 is 0 Å². The molecule has 0 unspecified atom stereocenters. The van der Waals surface area contributed by atoms with Crippen LogP contribution in [-0.4, -0.2) is 10.9 Å². The number of pyridine rings is 1. The Balaban J connectivity index is 1.67. The summed E-state index contributed by atoms with van der Waals surface area (Å²) in [6.07, 6.45) is 1.66. The van der Waals surface area contributed by atoms with Crippen molar-refractivity contribution in [2.75, 3.05) is 10.6 Å². The first-order valence-electron chi connectivity index (χ1n) is 7.47. The summed E-state index contributed by atoms with van der Waals surface area (Å²) in [5.74, 6) is 0.319. The third-order valence-corrected chi connectivity index (χ3v) is 3.63. The van der Waals surface area contributed by atoms with Gasteiger partial charge in [-0.25, -0.2) is 4.98 Å². The van der Waals surface area contributed by atoms with Crippen molar-refractivity contribution < 1.29 is 4.79 Å². The van der Waals surface area contributed by atoms with Crippen LogP contribution < -0.4 is 10.6 Å². The quantitative estimate of drug-likeness (QED) is 0.701. The van der Waals surface area contributed by atoms with Crippen molar-refractivity contribution in [2.45, 2.75) is 6.92 Å². The molecule has 0 radical (unpaired) electrons. The number of hydrogen-bond donors (Lipinski definition) is 2. The molecule has 0 fully saturated rings. The second-order valence-electron chi connectivity index (χ2n) is 5.39. The fourth-order valence-corrected chi connectivity index (χ4v) is 2.44. The molecule has 1 aromatic heterocycles. The Hall–Kier alpha value is -2.85. The molecule has 0 aliphatic carbocycles. The zero-order valence-corrected chi connectivity index (χ0v) is 13.8. The van der Waals surface area contributed by atoms with E-state index in [9.17, 15) is 4.79 Å². The standard InChI is InChI=1S/C19H16ClN3O/c1-13-4-2-5-14(10-13)19(24)23-18-9-8-17(12-21-18)22-16-7-3-6-15(20)11-16/h2-12,22H,1H3,(H,21,23,24). The molecule has 2 aromatic carbocycles. The van der Waals surface area contributed by atoms with Crippen LogP contribution in [0.4, 0.5) is 17.2 Å². The lowest BCUT2D eigenvalue weighted by Gasteiger charge is -2.08. The van der Waals surface area contributed by atoms with Crippen molar-refractivity contribution in [1.29, 1.82) is 0 Å². The van der Waals surface area contributed by atoms with E-state index in [0.29, 0.717) is 16.4 Å². The summed E-state index contributed by atoms with van der Waals surface area (Å²) in [4.78, 5) is 16.5. The highest BCUT2D eigenvalue weighted by Crippen LogP contribution is 2.20. The van der Waals surface area contributed by atoms with E-state index in [1.165, 1.54) is 0 Å². The highest BCUT2D eigenvalue weighted by Gasteiger charge is 2.07. The van der Waals surface area contributed by atoms with Gasteiger partial charge in [0, 0.05) is 16.3 Å². The van der Waals surface area contributed by atoms with Gasteiger partial charge in [0.1, 0.15) is 5.82 Å². The molecular weight excluding hydrogens is 322 g/mol. The first-order chi connectivity index (χ1) is 11.6. The number of halogens is 1. The van der Waals surface area contributed by atoms with Gasteiger partial charge in [0.2, 0.25) is 0 Å². The van der Waals surface area contributed by atoms with Crippen LogP contribution in [0.15, 0.2) is 66.9 Å². The van der Waals surface area contributed by atoms with Crippen LogP contribution in [0.3, 0.4) is 0 Å². The summed E-state index contributed by atoms with van der Waals surface area (Å²) in [5, 5.41) is 6.65. The molecule has 5 heteroatoms. The third-order valence-electron chi connectivity index (χ3n) is 3.40. The molecular formula is C19H16ClN3O. The van der Waals surface area contributed by atoms with E-state index in [-0.39, 0.29) is 5.91 Å². The number of carbonyl (C=O) groups is 1. The molecule has 0 atom stereocenters. The number of nitrogens with zero attached hydrogens (tertiary/aromatic N) is 1. The van der Waals surface area contributed by atoms with Crippen LogP contribution in [0.5, 0.6) is 0 Å². The zero-order chi connectivity index (χ0) is 16.9. The Bertz CT molecular complexity index is 862. The SMILES string of the molecule is Cc1cccc(C(=O)Nc2ccc(Nc3cccc(Cl)c3)cn2)c1. The van der Waals surface area contributed by atoms with Gasteiger partial charge in [0.25, 0.3) is 5.91 Å². The number of hydrogen-bond acceptors (Lipinski definition) is 3. The fourth-order valence-electron chi connectivity index (χ4n) is 2.25. The van der Waals surface area contributed by atoms with E-state index in [2.05, 4.69) is 15.6 Å². The van der Waals surface area contributed by atoms with Crippen molar-refractivity contribution >= 4 is 34.7 Å². The average Bonchev–Trinajstić information content (AvgIpc) is 2.57. The normalized spacial score (nSPS) is 10.2. The Labute approximate surface area is 145 Å². The molecule has 3 aromatic rings. The molecule has 0 bridgehead atoms. The zero-order valence-electron chi connectivity index (χ0n) is 13.1. The van der Waals surface area contributed by atoms with Crippen LogP contribution >= 0.6 is 11.6 Å². The predicted octanol–water partition coefficient (Wildman–Crippen LogP) is 5.04. The molecule has 24 heavy (non-hydrogen) atoms. The van der Waals surface area contributed by atoms with Crippen LogP contribution in [0.1, 0.15) is 15.9 Å². The minimum Gasteiger partial charge on any atom is -0.354 e. The first-order valence-corrected chi connectivity index (χ1v) is 7.84. The van der Waals surface area contributed by atoms with E-state index in [0.717, 1.165) is 16.9 Å².